The van der Waals surface area contributed by atoms with E-state index in [0.717, 1.165) is 25.8 Å². The monoisotopic (exact) mass is 249 g/mol. The van der Waals surface area contributed by atoms with E-state index in [1.807, 2.05) is 13.8 Å². The summed E-state index contributed by atoms with van der Waals surface area (Å²) in [6, 6.07) is 8.65. The molecular weight excluding hydrogens is 226 g/mol. The average molecular weight is 249 g/mol. The van der Waals surface area contributed by atoms with Crippen LogP contribution in [0.4, 0.5) is 0 Å². The SMILES string of the molecule is CC1(C)OCC(c2ccc(CCCCN)cc2)O1. The van der Waals surface area contributed by atoms with Crippen LogP contribution >= 0.6 is 0 Å². The maximum absolute atomic E-state index is 5.83. The van der Waals surface area contributed by atoms with Gasteiger partial charge in [-0.25, -0.2) is 0 Å². The topological polar surface area (TPSA) is 44.5 Å². The molecule has 100 valence electrons. The molecule has 3 heteroatoms. The second-order valence-corrected chi connectivity index (χ2v) is 5.30. The summed E-state index contributed by atoms with van der Waals surface area (Å²) in [4.78, 5) is 0. The third-order valence-electron chi connectivity index (χ3n) is 3.28. The molecule has 1 aliphatic heterocycles. The Bertz CT molecular complexity index is 373. The third-order valence-corrected chi connectivity index (χ3v) is 3.28. The molecule has 2 N–H and O–H groups in total. The lowest BCUT2D eigenvalue weighted by Gasteiger charge is -2.17. The largest absolute Gasteiger partial charge is 0.347 e. The van der Waals surface area contributed by atoms with Crippen LogP contribution in [0, 0.1) is 0 Å². The minimum absolute atomic E-state index is 0.0677. The number of nitrogens with two attached hydrogens (primary N) is 1. The summed E-state index contributed by atoms with van der Waals surface area (Å²) in [5.74, 6) is -0.454. The van der Waals surface area contributed by atoms with Gasteiger partial charge in [-0.05, 0) is 50.8 Å². The molecule has 0 aliphatic carbocycles. The van der Waals surface area contributed by atoms with Crippen LogP contribution in [0.3, 0.4) is 0 Å². The summed E-state index contributed by atoms with van der Waals surface area (Å²) in [5, 5.41) is 0. The fourth-order valence-corrected chi connectivity index (χ4v) is 2.22. The van der Waals surface area contributed by atoms with Crippen LogP contribution in [-0.2, 0) is 15.9 Å². The average Bonchev–Trinajstić information content (AvgIpc) is 2.71. The lowest BCUT2D eigenvalue weighted by atomic mass is 10.0. The Morgan fingerprint density at radius 2 is 1.94 bits per heavy atom. The van der Waals surface area contributed by atoms with Gasteiger partial charge in [0.25, 0.3) is 0 Å². The number of ether oxygens (including phenoxy) is 2. The molecule has 0 spiro atoms. The minimum Gasteiger partial charge on any atom is -0.347 e. The fraction of sp³-hybridized carbons (Fsp3) is 0.600. The van der Waals surface area contributed by atoms with Crippen molar-refractivity contribution in [3.8, 4) is 0 Å². The van der Waals surface area contributed by atoms with Gasteiger partial charge >= 0.3 is 0 Å². The van der Waals surface area contributed by atoms with E-state index in [1.165, 1.54) is 11.1 Å². The van der Waals surface area contributed by atoms with Crippen LogP contribution in [0.1, 0.15) is 43.9 Å². The summed E-state index contributed by atoms with van der Waals surface area (Å²) < 4.78 is 11.4. The van der Waals surface area contributed by atoms with Crippen molar-refractivity contribution in [2.24, 2.45) is 5.73 Å². The second-order valence-electron chi connectivity index (χ2n) is 5.30. The zero-order valence-corrected chi connectivity index (χ0v) is 11.3. The lowest BCUT2D eigenvalue weighted by molar-refractivity contribution is -0.139. The predicted octanol–water partition coefficient (Wildman–Crippen LogP) is 2.79. The van der Waals surface area contributed by atoms with Crippen LogP contribution in [0.5, 0.6) is 0 Å². The number of benzene rings is 1. The summed E-state index contributed by atoms with van der Waals surface area (Å²) in [6.07, 6.45) is 3.42. The van der Waals surface area contributed by atoms with E-state index in [2.05, 4.69) is 24.3 Å². The Kier molecular flexibility index (Phi) is 4.38. The van der Waals surface area contributed by atoms with Gasteiger partial charge in [0.15, 0.2) is 5.79 Å². The number of hydrogen-bond acceptors (Lipinski definition) is 3. The number of rotatable bonds is 5. The molecule has 3 nitrogen and oxygen atoms in total. The predicted molar refractivity (Wildman–Crippen MR) is 72.3 cm³/mol. The molecular formula is C15H23NO2. The summed E-state index contributed by atoms with van der Waals surface area (Å²) in [6.45, 7) is 5.32. The second kappa shape index (κ2) is 5.83. The fourth-order valence-electron chi connectivity index (χ4n) is 2.22. The van der Waals surface area contributed by atoms with E-state index in [1.54, 1.807) is 0 Å². The highest BCUT2D eigenvalue weighted by Gasteiger charge is 2.33. The molecule has 0 saturated carbocycles. The van der Waals surface area contributed by atoms with E-state index in [9.17, 15) is 0 Å². The first-order valence-corrected chi connectivity index (χ1v) is 6.71. The minimum atomic E-state index is -0.454. The highest BCUT2D eigenvalue weighted by Crippen LogP contribution is 2.32. The number of aryl methyl sites for hydroxylation is 1. The van der Waals surface area contributed by atoms with E-state index in [4.69, 9.17) is 15.2 Å². The van der Waals surface area contributed by atoms with E-state index >= 15 is 0 Å². The zero-order chi connectivity index (χ0) is 13.0. The van der Waals surface area contributed by atoms with Crippen molar-refractivity contribution in [2.75, 3.05) is 13.2 Å². The first kappa shape index (κ1) is 13.5. The Hall–Kier alpha value is -0.900. The smallest absolute Gasteiger partial charge is 0.163 e. The van der Waals surface area contributed by atoms with Crippen molar-refractivity contribution < 1.29 is 9.47 Å². The molecule has 1 fully saturated rings. The molecule has 0 amide bonds. The molecule has 2 rings (SSSR count). The van der Waals surface area contributed by atoms with Gasteiger partial charge in [0.05, 0.1) is 6.61 Å². The Morgan fingerprint density at radius 3 is 2.50 bits per heavy atom. The van der Waals surface area contributed by atoms with Crippen molar-refractivity contribution >= 4 is 0 Å². The van der Waals surface area contributed by atoms with Gasteiger partial charge in [-0.3, -0.25) is 0 Å². The van der Waals surface area contributed by atoms with Gasteiger partial charge in [0, 0.05) is 0 Å². The van der Waals surface area contributed by atoms with Crippen molar-refractivity contribution in [1.29, 1.82) is 0 Å². The Morgan fingerprint density at radius 1 is 1.22 bits per heavy atom. The van der Waals surface area contributed by atoms with Crippen molar-refractivity contribution in [1.82, 2.24) is 0 Å². The highest BCUT2D eigenvalue weighted by molar-refractivity contribution is 5.25. The van der Waals surface area contributed by atoms with Gasteiger partial charge in [-0.1, -0.05) is 24.3 Å². The highest BCUT2D eigenvalue weighted by atomic mass is 16.7. The van der Waals surface area contributed by atoms with Gasteiger partial charge in [0.1, 0.15) is 6.10 Å². The Labute approximate surface area is 109 Å². The van der Waals surface area contributed by atoms with Crippen LogP contribution in [0.15, 0.2) is 24.3 Å². The van der Waals surface area contributed by atoms with Crippen LogP contribution < -0.4 is 5.73 Å². The van der Waals surface area contributed by atoms with Crippen molar-refractivity contribution in [2.45, 2.75) is 45.0 Å². The molecule has 1 saturated heterocycles. The van der Waals surface area contributed by atoms with E-state index in [-0.39, 0.29) is 6.10 Å². The molecule has 1 unspecified atom stereocenters. The van der Waals surface area contributed by atoms with Crippen molar-refractivity contribution in [3.63, 3.8) is 0 Å². The molecule has 0 radical (unpaired) electrons. The van der Waals surface area contributed by atoms with Gasteiger partial charge in [-0.15, -0.1) is 0 Å². The molecule has 1 heterocycles. The molecule has 0 aromatic heterocycles. The number of unbranched alkanes of at least 4 members (excludes halogenated alkanes) is 1. The van der Waals surface area contributed by atoms with Gasteiger partial charge in [-0.2, -0.15) is 0 Å². The third kappa shape index (κ3) is 3.55. The maximum Gasteiger partial charge on any atom is 0.163 e. The van der Waals surface area contributed by atoms with Crippen LogP contribution in [-0.4, -0.2) is 18.9 Å². The normalized spacial score (nSPS) is 22.3. The molecule has 0 bridgehead atoms. The number of hydrogen-bond donors (Lipinski definition) is 1. The first-order chi connectivity index (χ1) is 8.61. The zero-order valence-electron chi connectivity index (χ0n) is 11.3. The summed E-state index contributed by atoms with van der Waals surface area (Å²) in [5.41, 5.74) is 8.06. The molecule has 1 atom stereocenters. The van der Waals surface area contributed by atoms with Crippen LogP contribution in [0.2, 0.25) is 0 Å². The quantitative estimate of drug-likeness (QED) is 0.816. The molecule has 1 aromatic carbocycles. The van der Waals surface area contributed by atoms with E-state index in [0.29, 0.717) is 6.61 Å². The van der Waals surface area contributed by atoms with Gasteiger partial charge < -0.3 is 15.2 Å². The summed E-state index contributed by atoms with van der Waals surface area (Å²) in [7, 11) is 0. The van der Waals surface area contributed by atoms with Crippen LogP contribution in [0.25, 0.3) is 0 Å². The van der Waals surface area contributed by atoms with Gasteiger partial charge in [0.2, 0.25) is 0 Å². The van der Waals surface area contributed by atoms with Crippen molar-refractivity contribution in [3.05, 3.63) is 35.4 Å². The summed E-state index contributed by atoms with van der Waals surface area (Å²) >= 11 is 0. The van der Waals surface area contributed by atoms with E-state index < -0.39 is 5.79 Å². The molecule has 1 aromatic rings. The standard InChI is InChI=1S/C15H23NO2/c1-15(2)17-11-14(18-15)13-8-6-12(7-9-13)5-3-4-10-16/h6-9,14H,3-5,10-11,16H2,1-2H3. The lowest BCUT2D eigenvalue weighted by Crippen LogP contribution is -2.19. The Balaban J connectivity index is 1.92. The molecule has 18 heavy (non-hydrogen) atoms. The molecule has 1 aliphatic rings. The first-order valence-electron chi connectivity index (χ1n) is 6.71. The maximum atomic E-state index is 5.83.